The first kappa shape index (κ1) is 22.0. The Morgan fingerprint density at radius 2 is 1.60 bits per heavy atom. The molecular formula is C21H21F2NO5S. The zero-order chi connectivity index (χ0) is 21.9. The van der Waals surface area contributed by atoms with Gasteiger partial charge in [-0.25, -0.2) is 17.2 Å². The van der Waals surface area contributed by atoms with Crippen LogP contribution in [0.4, 0.5) is 8.78 Å². The van der Waals surface area contributed by atoms with Crippen LogP contribution in [0.25, 0.3) is 0 Å². The lowest BCUT2D eigenvalue weighted by molar-refractivity contribution is -0.136. The summed E-state index contributed by atoms with van der Waals surface area (Å²) in [5, 5.41) is 8.65. The molecule has 0 spiro atoms. The molecule has 0 bridgehead atoms. The third kappa shape index (κ3) is 4.91. The molecule has 160 valence electrons. The van der Waals surface area contributed by atoms with Gasteiger partial charge < -0.3 is 5.11 Å². The molecule has 0 radical (unpaired) electrons. The molecule has 1 fully saturated rings. The third-order valence-electron chi connectivity index (χ3n) is 5.25. The van der Waals surface area contributed by atoms with Gasteiger partial charge in [-0.2, -0.15) is 4.31 Å². The molecular weight excluding hydrogens is 416 g/mol. The summed E-state index contributed by atoms with van der Waals surface area (Å²) in [7, 11) is -3.76. The van der Waals surface area contributed by atoms with Crippen molar-refractivity contribution >= 4 is 21.8 Å². The van der Waals surface area contributed by atoms with Crippen LogP contribution < -0.4 is 0 Å². The van der Waals surface area contributed by atoms with Gasteiger partial charge in [-0.05, 0) is 48.6 Å². The van der Waals surface area contributed by atoms with E-state index in [-0.39, 0.29) is 48.1 Å². The molecule has 3 rings (SSSR count). The molecule has 1 N–H and O–H groups in total. The van der Waals surface area contributed by atoms with Crippen LogP contribution in [0.15, 0.2) is 47.4 Å². The van der Waals surface area contributed by atoms with Crippen LogP contribution >= 0.6 is 0 Å². The maximum Gasteiger partial charge on any atom is 0.303 e. The van der Waals surface area contributed by atoms with E-state index in [9.17, 15) is 26.8 Å². The number of benzene rings is 2. The number of carbonyl (C=O) groups excluding carboxylic acids is 1. The molecule has 0 unspecified atom stereocenters. The van der Waals surface area contributed by atoms with Gasteiger partial charge >= 0.3 is 5.97 Å². The van der Waals surface area contributed by atoms with Crippen LogP contribution in [0.1, 0.15) is 47.5 Å². The second kappa shape index (κ2) is 9.01. The molecule has 1 aliphatic heterocycles. The fraction of sp³-hybridized carbons (Fsp3) is 0.333. The molecule has 6 nitrogen and oxygen atoms in total. The molecule has 0 saturated carbocycles. The number of rotatable bonds is 7. The number of piperidine rings is 1. The first-order valence-corrected chi connectivity index (χ1v) is 10.9. The fourth-order valence-electron chi connectivity index (χ4n) is 3.52. The third-order valence-corrected chi connectivity index (χ3v) is 7.16. The smallest absolute Gasteiger partial charge is 0.303 e. The van der Waals surface area contributed by atoms with Crippen LogP contribution in [0, 0.1) is 11.6 Å². The predicted molar refractivity (Wildman–Crippen MR) is 105 cm³/mol. The molecule has 0 aromatic heterocycles. The Bertz CT molecular complexity index is 1050. The number of halogens is 2. The van der Waals surface area contributed by atoms with Crippen LogP contribution in [-0.4, -0.2) is 42.7 Å². The maximum atomic E-state index is 13.5. The van der Waals surface area contributed by atoms with E-state index in [2.05, 4.69) is 0 Å². The molecule has 1 saturated heterocycles. The number of ketones is 1. The highest BCUT2D eigenvalue weighted by Gasteiger charge is 2.30. The summed E-state index contributed by atoms with van der Waals surface area (Å²) in [6, 6.07) is 9.19. The minimum absolute atomic E-state index is 0.0450. The second-order valence-corrected chi connectivity index (χ2v) is 9.13. The minimum Gasteiger partial charge on any atom is -0.481 e. The molecule has 30 heavy (non-hydrogen) atoms. The van der Waals surface area contributed by atoms with Crippen molar-refractivity contribution in [2.45, 2.75) is 36.5 Å². The van der Waals surface area contributed by atoms with Crippen molar-refractivity contribution in [3.63, 3.8) is 0 Å². The number of carbonyl (C=O) groups is 2. The Labute approximate surface area is 173 Å². The zero-order valence-corrected chi connectivity index (χ0v) is 16.9. The van der Waals surface area contributed by atoms with E-state index in [1.807, 2.05) is 0 Å². The molecule has 0 aliphatic carbocycles. The van der Waals surface area contributed by atoms with Gasteiger partial charge in [0, 0.05) is 25.1 Å². The van der Waals surface area contributed by atoms with Crippen LogP contribution in [-0.2, 0) is 14.8 Å². The highest BCUT2D eigenvalue weighted by atomic mass is 32.2. The van der Waals surface area contributed by atoms with Crippen LogP contribution in [0.3, 0.4) is 0 Å². The lowest BCUT2D eigenvalue weighted by Gasteiger charge is -2.31. The van der Waals surface area contributed by atoms with E-state index < -0.39 is 27.6 Å². The zero-order valence-electron chi connectivity index (χ0n) is 16.1. The normalized spacial score (nSPS) is 15.8. The van der Waals surface area contributed by atoms with Crippen molar-refractivity contribution in [1.29, 1.82) is 0 Å². The van der Waals surface area contributed by atoms with E-state index in [4.69, 9.17) is 5.11 Å². The molecule has 1 heterocycles. The Kier molecular flexibility index (Phi) is 6.62. The second-order valence-electron chi connectivity index (χ2n) is 7.19. The summed E-state index contributed by atoms with van der Waals surface area (Å²) in [5.74, 6) is -3.33. The summed E-state index contributed by atoms with van der Waals surface area (Å²) < 4.78 is 53.7. The first-order valence-electron chi connectivity index (χ1n) is 9.48. The average molecular weight is 437 g/mol. The first-order chi connectivity index (χ1) is 14.2. The summed E-state index contributed by atoms with van der Waals surface area (Å²) in [4.78, 5) is 22.6. The topological polar surface area (TPSA) is 91.7 Å². The minimum atomic E-state index is -3.76. The van der Waals surface area contributed by atoms with Gasteiger partial charge in [0.2, 0.25) is 10.0 Å². The fourth-order valence-corrected chi connectivity index (χ4v) is 4.99. The summed E-state index contributed by atoms with van der Waals surface area (Å²) >= 11 is 0. The number of carboxylic acids is 1. The van der Waals surface area contributed by atoms with Crippen LogP contribution in [0.2, 0.25) is 0 Å². The van der Waals surface area contributed by atoms with Gasteiger partial charge in [0.1, 0.15) is 0 Å². The molecule has 2 aromatic carbocycles. The lowest BCUT2D eigenvalue weighted by Crippen LogP contribution is -2.37. The molecule has 9 heteroatoms. The monoisotopic (exact) mass is 437 g/mol. The molecule has 0 amide bonds. The highest BCUT2D eigenvalue weighted by Crippen LogP contribution is 2.31. The van der Waals surface area contributed by atoms with Crippen molar-refractivity contribution in [1.82, 2.24) is 4.31 Å². The molecule has 1 aliphatic rings. The van der Waals surface area contributed by atoms with E-state index in [0.29, 0.717) is 18.4 Å². The van der Waals surface area contributed by atoms with Crippen molar-refractivity contribution in [2.24, 2.45) is 0 Å². The van der Waals surface area contributed by atoms with Gasteiger partial charge in [0.05, 0.1) is 11.3 Å². The quantitative estimate of drug-likeness (QED) is 0.669. The number of Topliss-reactive ketones (excluding diaryl/α,β-unsaturated/α-hetero) is 1. The summed E-state index contributed by atoms with van der Waals surface area (Å²) in [5.41, 5.74) is 0.905. The van der Waals surface area contributed by atoms with Gasteiger partial charge in [-0.3, -0.25) is 9.59 Å². The lowest BCUT2D eigenvalue weighted by atomic mass is 9.90. The van der Waals surface area contributed by atoms with Gasteiger partial charge in [0.15, 0.2) is 17.4 Å². The summed E-state index contributed by atoms with van der Waals surface area (Å²) in [6.07, 6.45) is 0.525. The summed E-state index contributed by atoms with van der Waals surface area (Å²) in [6.45, 7) is 0.483. The Balaban J connectivity index is 1.65. The van der Waals surface area contributed by atoms with E-state index >= 15 is 0 Å². The Morgan fingerprint density at radius 1 is 0.967 bits per heavy atom. The van der Waals surface area contributed by atoms with Gasteiger partial charge in [0.25, 0.3) is 0 Å². The van der Waals surface area contributed by atoms with Crippen LogP contribution in [0.5, 0.6) is 0 Å². The number of hydrogen-bond acceptors (Lipinski definition) is 4. The molecule has 2 aromatic rings. The number of aliphatic carboxylic acids is 1. The largest absolute Gasteiger partial charge is 0.481 e. The Hall–Kier alpha value is -2.65. The van der Waals surface area contributed by atoms with Crippen molar-refractivity contribution in [2.75, 3.05) is 13.1 Å². The number of hydrogen-bond donors (Lipinski definition) is 1. The van der Waals surface area contributed by atoms with Crippen molar-refractivity contribution in [3.8, 4) is 0 Å². The highest BCUT2D eigenvalue weighted by molar-refractivity contribution is 7.89. The van der Waals surface area contributed by atoms with Crippen molar-refractivity contribution in [3.05, 3.63) is 65.2 Å². The number of nitrogens with zero attached hydrogens (tertiary/aromatic N) is 1. The molecule has 0 atom stereocenters. The SMILES string of the molecule is O=C(O)CCC(=O)c1ccc(S(=O)(=O)N2CCC(c3ccc(F)c(F)c3)CC2)cc1. The standard InChI is InChI=1S/C21H21F2NO5S/c22-18-6-3-16(13-19(18)23)14-9-11-24(12-10-14)30(28,29)17-4-1-15(2-5-17)20(25)7-8-21(26)27/h1-6,13-14H,7-12H2,(H,26,27). The Morgan fingerprint density at radius 3 is 2.17 bits per heavy atom. The van der Waals surface area contributed by atoms with Gasteiger partial charge in [-0.1, -0.05) is 18.2 Å². The average Bonchev–Trinajstić information content (AvgIpc) is 2.74. The van der Waals surface area contributed by atoms with E-state index in [1.165, 1.54) is 34.6 Å². The van der Waals surface area contributed by atoms with E-state index in [0.717, 1.165) is 12.1 Å². The van der Waals surface area contributed by atoms with Crippen molar-refractivity contribution < 1.29 is 31.9 Å². The maximum absolute atomic E-state index is 13.5. The van der Waals surface area contributed by atoms with E-state index in [1.54, 1.807) is 0 Å². The van der Waals surface area contributed by atoms with Gasteiger partial charge in [-0.15, -0.1) is 0 Å². The number of sulfonamides is 1. The number of carboxylic acid groups (broad SMARTS) is 1. The predicted octanol–water partition coefficient (Wildman–Crippen LogP) is 3.58.